The van der Waals surface area contributed by atoms with Gasteiger partial charge in [-0.2, -0.15) is 0 Å². The summed E-state index contributed by atoms with van der Waals surface area (Å²) in [5, 5.41) is 4.49. The van der Waals surface area contributed by atoms with Gasteiger partial charge < -0.3 is 5.32 Å². The van der Waals surface area contributed by atoms with E-state index in [0.29, 0.717) is 6.04 Å². The highest BCUT2D eigenvalue weighted by Gasteiger charge is 2.14. The molecule has 1 fully saturated rings. The van der Waals surface area contributed by atoms with Gasteiger partial charge in [-0.1, -0.05) is 36.6 Å². The lowest BCUT2D eigenvalue weighted by atomic mass is 10.1. The molecule has 0 radical (unpaired) electrons. The van der Waals surface area contributed by atoms with Gasteiger partial charge in [0.2, 0.25) is 0 Å². The minimum Gasteiger partial charge on any atom is -0.314 e. The Morgan fingerprint density at radius 2 is 1.90 bits per heavy atom. The van der Waals surface area contributed by atoms with E-state index in [1.54, 1.807) is 0 Å². The van der Waals surface area contributed by atoms with E-state index in [1.165, 1.54) is 37.7 Å². The Hall–Kier alpha value is -0.570. The molecule has 1 saturated carbocycles. The molecule has 0 heterocycles. The lowest BCUT2D eigenvalue weighted by molar-refractivity contribution is 0.256. The molecule has 3 heteroatoms. The van der Waals surface area contributed by atoms with Crippen LogP contribution >= 0.6 is 11.6 Å². The average molecular weight is 295 g/mol. The first-order valence-electron chi connectivity index (χ1n) is 7.86. The van der Waals surface area contributed by atoms with Crippen LogP contribution in [0.5, 0.6) is 0 Å². The van der Waals surface area contributed by atoms with E-state index in [0.717, 1.165) is 24.2 Å². The molecule has 1 aliphatic rings. The standard InChI is InChI=1S/C17H27ClN2/c1-14(15-8-10-16(18)11-9-15)20(2)13-5-12-19-17-6-3-4-7-17/h8-11,14,17,19H,3-7,12-13H2,1-2H3. The fourth-order valence-electron chi connectivity index (χ4n) is 2.95. The third-order valence-corrected chi connectivity index (χ3v) is 4.74. The third-order valence-electron chi connectivity index (χ3n) is 4.49. The molecule has 1 aromatic carbocycles. The molecule has 0 bridgehead atoms. The molecule has 2 rings (SSSR count). The van der Waals surface area contributed by atoms with Crippen LogP contribution in [0, 0.1) is 0 Å². The average Bonchev–Trinajstić information content (AvgIpc) is 2.96. The zero-order valence-electron chi connectivity index (χ0n) is 12.7. The molecule has 0 saturated heterocycles. The Labute approximate surface area is 128 Å². The summed E-state index contributed by atoms with van der Waals surface area (Å²) in [7, 11) is 2.20. The van der Waals surface area contributed by atoms with Crippen LogP contribution in [0.3, 0.4) is 0 Å². The van der Waals surface area contributed by atoms with Crippen molar-refractivity contribution in [2.45, 2.75) is 51.1 Å². The van der Waals surface area contributed by atoms with Crippen molar-refractivity contribution >= 4 is 11.6 Å². The van der Waals surface area contributed by atoms with E-state index in [1.807, 2.05) is 12.1 Å². The predicted octanol–water partition coefficient (Wildman–Crippen LogP) is 4.26. The largest absolute Gasteiger partial charge is 0.314 e. The number of hydrogen-bond acceptors (Lipinski definition) is 2. The second-order valence-corrected chi connectivity index (χ2v) is 6.43. The van der Waals surface area contributed by atoms with Crippen LogP contribution in [-0.4, -0.2) is 31.1 Å². The Bertz CT molecular complexity index is 384. The Balaban J connectivity index is 1.68. The number of hydrogen-bond donors (Lipinski definition) is 1. The van der Waals surface area contributed by atoms with Crippen molar-refractivity contribution in [2.24, 2.45) is 0 Å². The van der Waals surface area contributed by atoms with Gasteiger partial charge >= 0.3 is 0 Å². The predicted molar refractivity (Wildman–Crippen MR) is 87.4 cm³/mol. The molecule has 1 atom stereocenters. The summed E-state index contributed by atoms with van der Waals surface area (Å²) in [4.78, 5) is 2.42. The van der Waals surface area contributed by atoms with Crippen LogP contribution in [0.25, 0.3) is 0 Å². The zero-order chi connectivity index (χ0) is 14.4. The van der Waals surface area contributed by atoms with E-state index in [9.17, 15) is 0 Å². The van der Waals surface area contributed by atoms with Gasteiger partial charge in [-0.3, -0.25) is 4.90 Å². The fraction of sp³-hybridized carbons (Fsp3) is 0.647. The number of halogens is 1. The molecule has 0 aromatic heterocycles. The Kier molecular flexibility index (Phi) is 6.34. The molecule has 0 spiro atoms. The van der Waals surface area contributed by atoms with Crippen LogP contribution < -0.4 is 5.32 Å². The number of nitrogens with one attached hydrogen (secondary N) is 1. The fourth-order valence-corrected chi connectivity index (χ4v) is 3.08. The highest BCUT2D eigenvalue weighted by molar-refractivity contribution is 6.30. The van der Waals surface area contributed by atoms with Crippen LogP contribution in [0.1, 0.15) is 50.6 Å². The van der Waals surface area contributed by atoms with Crippen molar-refractivity contribution in [1.82, 2.24) is 10.2 Å². The number of nitrogens with zero attached hydrogens (tertiary/aromatic N) is 1. The first-order chi connectivity index (χ1) is 9.66. The van der Waals surface area contributed by atoms with Crippen LogP contribution in [0.15, 0.2) is 24.3 Å². The maximum Gasteiger partial charge on any atom is 0.0406 e. The molecule has 1 aromatic rings. The topological polar surface area (TPSA) is 15.3 Å². The van der Waals surface area contributed by atoms with Gasteiger partial charge in [0.1, 0.15) is 0 Å². The van der Waals surface area contributed by atoms with Gasteiger partial charge in [-0.05, 0) is 64.0 Å². The third kappa shape index (κ3) is 4.76. The van der Waals surface area contributed by atoms with E-state index in [2.05, 4.69) is 36.3 Å². The molecule has 1 N–H and O–H groups in total. The maximum absolute atomic E-state index is 5.94. The first kappa shape index (κ1) is 15.8. The summed E-state index contributed by atoms with van der Waals surface area (Å²) < 4.78 is 0. The quantitative estimate of drug-likeness (QED) is 0.756. The molecule has 1 aliphatic carbocycles. The van der Waals surface area contributed by atoms with Gasteiger partial charge in [-0.25, -0.2) is 0 Å². The van der Waals surface area contributed by atoms with Crippen LogP contribution in [-0.2, 0) is 0 Å². The van der Waals surface area contributed by atoms with Gasteiger partial charge in [-0.15, -0.1) is 0 Å². The van der Waals surface area contributed by atoms with Crippen molar-refractivity contribution in [3.63, 3.8) is 0 Å². The van der Waals surface area contributed by atoms with Crippen molar-refractivity contribution in [1.29, 1.82) is 0 Å². The number of rotatable bonds is 7. The second-order valence-electron chi connectivity index (χ2n) is 6.00. The SMILES string of the molecule is CC(c1ccc(Cl)cc1)N(C)CCCNC1CCCC1. The van der Waals surface area contributed by atoms with Gasteiger partial charge in [0.25, 0.3) is 0 Å². The maximum atomic E-state index is 5.94. The summed E-state index contributed by atoms with van der Waals surface area (Å²) in [6.07, 6.45) is 6.77. The zero-order valence-corrected chi connectivity index (χ0v) is 13.5. The Morgan fingerprint density at radius 3 is 2.55 bits per heavy atom. The van der Waals surface area contributed by atoms with E-state index >= 15 is 0 Å². The highest BCUT2D eigenvalue weighted by atomic mass is 35.5. The summed E-state index contributed by atoms with van der Waals surface area (Å²) in [6.45, 7) is 4.53. The molecule has 1 unspecified atom stereocenters. The smallest absolute Gasteiger partial charge is 0.0406 e. The van der Waals surface area contributed by atoms with E-state index in [4.69, 9.17) is 11.6 Å². The molecule has 112 valence electrons. The molecule has 20 heavy (non-hydrogen) atoms. The lowest BCUT2D eigenvalue weighted by Crippen LogP contribution is -2.30. The van der Waals surface area contributed by atoms with Crippen molar-refractivity contribution in [3.05, 3.63) is 34.9 Å². The Morgan fingerprint density at radius 1 is 1.25 bits per heavy atom. The van der Waals surface area contributed by atoms with Crippen LogP contribution in [0.2, 0.25) is 5.02 Å². The molecule has 2 nitrogen and oxygen atoms in total. The van der Waals surface area contributed by atoms with Crippen molar-refractivity contribution in [3.8, 4) is 0 Å². The van der Waals surface area contributed by atoms with Gasteiger partial charge in [0, 0.05) is 17.1 Å². The van der Waals surface area contributed by atoms with Gasteiger partial charge in [0.15, 0.2) is 0 Å². The van der Waals surface area contributed by atoms with Gasteiger partial charge in [0.05, 0.1) is 0 Å². The monoisotopic (exact) mass is 294 g/mol. The first-order valence-corrected chi connectivity index (χ1v) is 8.23. The molecular formula is C17H27ClN2. The van der Waals surface area contributed by atoms with Crippen molar-refractivity contribution in [2.75, 3.05) is 20.1 Å². The van der Waals surface area contributed by atoms with Crippen LogP contribution in [0.4, 0.5) is 0 Å². The van der Waals surface area contributed by atoms with E-state index in [-0.39, 0.29) is 0 Å². The summed E-state index contributed by atoms with van der Waals surface area (Å²) in [6, 6.07) is 9.43. The molecule has 0 amide bonds. The van der Waals surface area contributed by atoms with Crippen molar-refractivity contribution < 1.29 is 0 Å². The van der Waals surface area contributed by atoms with E-state index < -0.39 is 0 Å². The minimum absolute atomic E-state index is 0.443. The summed E-state index contributed by atoms with van der Waals surface area (Å²) in [5.74, 6) is 0. The number of benzene rings is 1. The normalized spacial score (nSPS) is 17.8. The second kappa shape index (κ2) is 8.02. The summed E-state index contributed by atoms with van der Waals surface area (Å²) >= 11 is 5.94. The molecular weight excluding hydrogens is 268 g/mol. The lowest BCUT2D eigenvalue weighted by Gasteiger charge is -2.25. The minimum atomic E-state index is 0.443. The summed E-state index contributed by atoms with van der Waals surface area (Å²) in [5.41, 5.74) is 1.33. The molecule has 0 aliphatic heterocycles. The highest BCUT2D eigenvalue weighted by Crippen LogP contribution is 2.21.